The van der Waals surface area contributed by atoms with Gasteiger partial charge in [-0.05, 0) is 29.8 Å². The van der Waals surface area contributed by atoms with E-state index in [-0.39, 0.29) is 5.91 Å². The highest BCUT2D eigenvalue weighted by atomic mass is 16.4. The van der Waals surface area contributed by atoms with E-state index >= 15 is 0 Å². The van der Waals surface area contributed by atoms with E-state index < -0.39 is 5.97 Å². The summed E-state index contributed by atoms with van der Waals surface area (Å²) in [5.74, 6) is -1.31. The van der Waals surface area contributed by atoms with Crippen molar-refractivity contribution in [3.05, 3.63) is 60.2 Å². The van der Waals surface area contributed by atoms with E-state index in [1.807, 2.05) is 0 Å². The minimum Gasteiger partial charge on any atom is -0.478 e. The minimum absolute atomic E-state index is 0.249. The van der Waals surface area contributed by atoms with E-state index in [4.69, 9.17) is 5.11 Å². The van der Waals surface area contributed by atoms with E-state index in [1.54, 1.807) is 37.6 Å². The first-order chi connectivity index (χ1) is 10.1. The van der Waals surface area contributed by atoms with Gasteiger partial charge in [-0.3, -0.25) is 14.8 Å². The lowest BCUT2D eigenvalue weighted by Crippen LogP contribution is -2.26. The Balaban J connectivity index is 2.23. The fourth-order valence-electron chi connectivity index (χ4n) is 1.70. The highest BCUT2D eigenvalue weighted by Crippen LogP contribution is 2.14. The summed E-state index contributed by atoms with van der Waals surface area (Å²) in [5.41, 5.74) is 1.57. The van der Waals surface area contributed by atoms with Gasteiger partial charge in [0.25, 0.3) is 5.91 Å². The molecule has 1 N–H and O–H groups in total. The van der Waals surface area contributed by atoms with Gasteiger partial charge in [-0.2, -0.15) is 0 Å². The minimum atomic E-state index is -1.06. The van der Waals surface area contributed by atoms with Crippen molar-refractivity contribution in [3.8, 4) is 0 Å². The molecule has 0 atom stereocenters. The van der Waals surface area contributed by atoms with Crippen molar-refractivity contribution >= 4 is 23.6 Å². The number of rotatable bonds is 4. The van der Waals surface area contributed by atoms with Gasteiger partial charge in [0, 0.05) is 31.7 Å². The van der Waals surface area contributed by atoms with Gasteiger partial charge < -0.3 is 10.0 Å². The Morgan fingerprint density at radius 2 is 2.05 bits per heavy atom. The number of nitrogens with zero attached hydrogens (tertiary/aromatic N) is 3. The number of carboxylic acid groups (broad SMARTS) is 1. The molecule has 0 saturated heterocycles. The normalized spacial score (nSPS) is 10.5. The van der Waals surface area contributed by atoms with Crippen LogP contribution < -0.4 is 4.90 Å². The summed E-state index contributed by atoms with van der Waals surface area (Å²) in [4.78, 5) is 32.2. The third kappa shape index (κ3) is 3.73. The highest BCUT2D eigenvalue weighted by Gasteiger charge is 2.14. The van der Waals surface area contributed by atoms with Crippen LogP contribution in [0, 0.1) is 0 Å². The fourth-order valence-corrected chi connectivity index (χ4v) is 1.70. The molecule has 0 radical (unpaired) electrons. The Hall–Kier alpha value is -3.02. The molecule has 0 fully saturated rings. The molecular formula is C15H13N3O3. The number of anilines is 1. The molecule has 2 heterocycles. The summed E-state index contributed by atoms with van der Waals surface area (Å²) in [6.07, 6.45) is 8.51. The Labute approximate surface area is 121 Å². The van der Waals surface area contributed by atoms with Crippen LogP contribution in [-0.2, 0) is 4.79 Å². The van der Waals surface area contributed by atoms with Crippen molar-refractivity contribution in [2.45, 2.75) is 0 Å². The van der Waals surface area contributed by atoms with Crippen LogP contribution in [0.5, 0.6) is 0 Å². The van der Waals surface area contributed by atoms with Crippen LogP contribution in [0.25, 0.3) is 6.08 Å². The van der Waals surface area contributed by atoms with Crippen LogP contribution in [-0.4, -0.2) is 34.0 Å². The summed E-state index contributed by atoms with van der Waals surface area (Å²) < 4.78 is 0. The summed E-state index contributed by atoms with van der Waals surface area (Å²) >= 11 is 0. The Bertz CT molecular complexity index is 684. The lowest BCUT2D eigenvalue weighted by Gasteiger charge is -2.16. The first-order valence-electron chi connectivity index (χ1n) is 6.12. The van der Waals surface area contributed by atoms with Gasteiger partial charge in [-0.1, -0.05) is 0 Å². The summed E-state index contributed by atoms with van der Waals surface area (Å²) in [5, 5.41) is 8.60. The number of carbonyl (C=O) groups is 2. The van der Waals surface area contributed by atoms with Crippen LogP contribution in [0.15, 0.2) is 49.1 Å². The number of hydrogen-bond donors (Lipinski definition) is 1. The molecular weight excluding hydrogens is 270 g/mol. The zero-order valence-corrected chi connectivity index (χ0v) is 11.3. The molecule has 6 nitrogen and oxygen atoms in total. The molecule has 21 heavy (non-hydrogen) atoms. The standard InChI is InChI=1S/C15H13N3O3/c1-18(13-3-2-6-16-10-13)15(21)12-7-11(8-17-9-12)4-5-14(19)20/h2-10H,1H3,(H,19,20). The highest BCUT2D eigenvalue weighted by molar-refractivity contribution is 6.05. The van der Waals surface area contributed by atoms with E-state index in [0.717, 1.165) is 6.08 Å². The number of hydrogen-bond acceptors (Lipinski definition) is 4. The van der Waals surface area contributed by atoms with Crippen LogP contribution in [0.2, 0.25) is 0 Å². The number of pyridine rings is 2. The average molecular weight is 283 g/mol. The van der Waals surface area contributed by atoms with Gasteiger partial charge in [0.05, 0.1) is 17.4 Å². The number of aromatic nitrogens is 2. The van der Waals surface area contributed by atoms with Gasteiger partial charge in [-0.15, -0.1) is 0 Å². The third-order valence-electron chi connectivity index (χ3n) is 2.76. The molecule has 0 aliphatic rings. The maximum atomic E-state index is 12.4. The quantitative estimate of drug-likeness (QED) is 0.866. The summed E-state index contributed by atoms with van der Waals surface area (Å²) in [6.45, 7) is 0. The maximum Gasteiger partial charge on any atom is 0.328 e. The molecule has 1 amide bonds. The molecule has 0 aromatic carbocycles. The second-order valence-corrected chi connectivity index (χ2v) is 4.25. The molecule has 0 saturated carbocycles. The van der Waals surface area contributed by atoms with Crippen molar-refractivity contribution in [1.29, 1.82) is 0 Å². The Kier molecular flexibility index (Phi) is 4.40. The van der Waals surface area contributed by atoms with Crippen LogP contribution >= 0.6 is 0 Å². The molecule has 2 aromatic heterocycles. The van der Waals surface area contributed by atoms with Crippen molar-refractivity contribution in [3.63, 3.8) is 0 Å². The third-order valence-corrected chi connectivity index (χ3v) is 2.76. The first kappa shape index (κ1) is 14.4. The lowest BCUT2D eigenvalue weighted by atomic mass is 10.1. The summed E-state index contributed by atoms with van der Waals surface area (Å²) in [7, 11) is 1.64. The summed E-state index contributed by atoms with van der Waals surface area (Å²) in [6, 6.07) is 5.09. The van der Waals surface area contributed by atoms with E-state index in [1.165, 1.54) is 23.4 Å². The fraction of sp³-hybridized carbons (Fsp3) is 0.0667. The van der Waals surface area contributed by atoms with Crippen molar-refractivity contribution in [2.75, 3.05) is 11.9 Å². The van der Waals surface area contributed by atoms with Crippen molar-refractivity contribution < 1.29 is 14.7 Å². The SMILES string of the molecule is CN(C(=O)c1cncc(C=CC(=O)O)c1)c1cccnc1. The molecule has 0 aliphatic carbocycles. The van der Waals surface area contributed by atoms with Crippen LogP contribution in [0.3, 0.4) is 0 Å². The number of carbonyl (C=O) groups excluding carboxylic acids is 1. The second-order valence-electron chi connectivity index (χ2n) is 4.25. The second kappa shape index (κ2) is 6.42. The Morgan fingerprint density at radius 3 is 2.71 bits per heavy atom. The van der Waals surface area contributed by atoms with E-state index in [9.17, 15) is 9.59 Å². The van der Waals surface area contributed by atoms with E-state index in [2.05, 4.69) is 9.97 Å². The molecule has 2 aromatic rings. The van der Waals surface area contributed by atoms with Gasteiger partial charge in [-0.25, -0.2) is 4.79 Å². The number of amides is 1. The molecule has 6 heteroatoms. The predicted octanol–water partition coefficient (Wildman–Crippen LogP) is 1.85. The van der Waals surface area contributed by atoms with Crippen molar-refractivity contribution in [2.24, 2.45) is 0 Å². The zero-order valence-electron chi connectivity index (χ0n) is 11.3. The van der Waals surface area contributed by atoms with Gasteiger partial charge in [0.1, 0.15) is 0 Å². The van der Waals surface area contributed by atoms with E-state index in [0.29, 0.717) is 16.8 Å². The van der Waals surface area contributed by atoms with Gasteiger partial charge in [0.15, 0.2) is 0 Å². The predicted molar refractivity (Wildman–Crippen MR) is 77.9 cm³/mol. The van der Waals surface area contributed by atoms with Gasteiger partial charge in [0.2, 0.25) is 0 Å². The molecule has 0 aliphatic heterocycles. The smallest absolute Gasteiger partial charge is 0.328 e. The zero-order chi connectivity index (χ0) is 15.2. The Morgan fingerprint density at radius 1 is 1.24 bits per heavy atom. The molecule has 106 valence electrons. The number of carboxylic acids is 1. The molecule has 0 unspecified atom stereocenters. The largest absolute Gasteiger partial charge is 0.478 e. The molecule has 0 spiro atoms. The van der Waals surface area contributed by atoms with Crippen LogP contribution in [0.1, 0.15) is 15.9 Å². The molecule has 0 bridgehead atoms. The molecule has 2 rings (SSSR count). The van der Waals surface area contributed by atoms with Crippen LogP contribution in [0.4, 0.5) is 5.69 Å². The first-order valence-corrected chi connectivity index (χ1v) is 6.12. The monoisotopic (exact) mass is 283 g/mol. The van der Waals surface area contributed by atoms with Crippen molar-refractivity contribution in [1.82, 2.24) is 9.97 Å². The maximum absolute atomic E-state index is 12.4. The number of aliphatic carboxylic acids is 1. The topological polar surface area (TPSA) is 83.4 Å². The average Bonchev–Trinajstić information content (AvgIpc) is 2.52. The van der Waals surface area contributed by atoms with Gasteiger partial charge >= 0.3 is 5.97 Å². The lowest BCUT2D eigenvalue weighted by molar-refractivity contribution is -0.131.